The normalized spacial score (nSPS) is 16.4. The maximum Gasteiger partial charge on any atom is -0.00355 e. The van der Waals surface area contributed by atoms with Gasteiger partial charge in [-0.25, -0.2) is 0 Å². The van der Waals surface area contributed by atoms with Crippen molar-refractivity contribution in [3.63, 3.8) is 0 Å². The SMILES string of the molecule is CSCC1Cc2ccccc2C1. The first kappa shape index (κ1) is 8.18. The molecule has 64 valence electrons. The van der Waals surface area contributed by atoms with Crippen LogP contribution in [0.4, 0.5) is 0 Å². The van der Waals surface area contributed by atoms with Gasteiger partial charge in [0.05, 0.1) is 0 Å². The van der Waals surface area contributed by atoms with Crippen LogP contribution in [0.3, 0.4) is 0 Å². The highest BCUT2D eigenvalue weighted by Crippen LogP contribution is 2.27. The van der Waals surface area contributed by atoms with Gasteiger partial charge in [0, 0.05) is 0 Å². The van der Waals surface area contributed by atoms with Gasteiger partial charge in [0.15, 0.2) is 0 Å². The molecule has 0 bridgehead atoms. The van der Waals surface area contributed by atoms with E-state index in [0.29, 0.717) is 0 Å². The third-order valence-corrected chi connectivity index (χ3v) is 3.34. The molecule has 0 heterocycles. The van der Waals surface area contributed by atoms with Crippen LogP contribution in [0.2, 0.25) is 0 Å². The van der Waals surface area contributed by atoms with E-state index >= 15 is 0 Å². The summed E-state index contributed by atoms with van der Waals surface area (Å²) in [7, 11) is 0. The van der Waals surface area contributed by atoms with Gasteiger partial charge in [-0.1, -0.05) is 24.3 Å². The van der Waals surface area contributed by atoms with E-state index in [4.69, 9.17) is 0 Å². The first-order valence-corrected chi connectivity index (χ1v) is 5.85. The van der Waals surface area contributed by atoms with Gasteiger partial charge in [-0.15, -0.1) is 0 Å². The van der Waals surface area contributed by atoms with Crippen molar-refractivity contribution in [3.8, 4) is 0 Å². The second-order valence-corrected chi connectivity index (χ2v) is 4.41. The molecular formula is C11H14S. The molecule has 0 saturated carbocycles. The van der Waals surface area contributed by atoms with Crippen LogP contribution in [0.5, 0.6) is 0 Å². The molecule has 0 unspecified atom stereocenters. The summed E-state index contributed by atoms with van der Waals surface area (Å²) >= 11 is 1.97. The molecule has 12 heavy (non-hydrogen) atoms. The molecule has 0 saturated heterocycles. The number of thioether (sulfide) groups is 1. The maximum atomic E-state index is 2.27. The zero-order valence-electron chi connectivity index (χ0n) is 7.42. The van der Waals surface area contributed by atoms with Crippen molar-refractivity contribution in [3.05, 3.63) is 35.4 Å². The van der Waals surface area contributed by atoms with E-state index in [1.807, 2.05) is 11.8 Å². The Kier molecular flexibility index (Phi) is 2.40. The molecule has 0 nitrogen and oxygen atoms in total. The number of hydrogen-bond acceptors (Lipinski definition) is 1. The summed E-state index contributed by atoms with van der Waals surface area (Å²) in [5, 5.41) is 0. The van der Waals surface area contributed by atoms with E-state index in [1.54, 1.807) is 11.1 Å². The summed E-state index contributed by atoms with van der Waals surface area (Å²) in [4.78, 5) is 0. The quantitative estimate of drug-likeness (QED) is 0.671. The predicted octanol–water partition coefficient (Wildman–Crippen LogP) is 2.76. The smallest absolute Gasteiger partial charge is 0.00355 e. The lowest BCUT2D eigenvalue weighted by molar-refractivity contribution is 0.640. The Hall–Kier alpha value is -0.430. The number of benzene rings is 1. The van der Waals surface area contributed by atoms with Gasteiger partial charge in [-0.2, -0.15) is 11.8 Å². The molecule has 0 atom stereocenters. The summed E-state index contributed by atoms with van der Waals surface area (Å²) in [6, 6.07) is 8.85. The Balaban J connectivity index is 2.11. The van der Waals surface area contributed by atoms with E-state index in [1.165, 1.54) is 18.6 Å². The van der Waals surface area contributed by atoms with Crippen LogP contribution in [-0.4, -0.2) is 12.0 Å². The zero-order valence-corrected chi connectivity index (χ0v) is 8.23. The molecule has 0 amide bonds. The molecule has 1 aromatic carbocycles. The molecule has 0 aliphatic heterocycles. The minimum absolute atomic E-state index is 0.900. The average molecular weight is 178 g/mol. The van der Waals surface area contributed by atoms with E-state index in [-0.39, 0.29) is 0 Å². The monoisotopic (exact) mass is 178 g/mol. The molecule has 1 heteroatoms. The highest BCUT2D eigenvalue weighted by molar-refractivity contribution is 7.98. The molecule has 2 rings (SSSR count). The van der Waals surface area contributed by atoms with E-state index < -0.39 is 0 Å². The minimum atomic E-state index is 0.900. The highest BCUT2D eigenvalue weighted by Gasteiger charge is 2.19. The summed E-state index contributed by atoms with van der Waals surface area (Å²) in [5.41, 5.74) is 3.16. The van der Waals surface area contributed by atoms with Gasteiger partial charge in [0.1, 0.15) is 0 Å². The fourth-order valence-electron chi connectivity index (χ4n) is 2.00. The summed E-state index contributed by atoms with van der Waals surface area (Å²) in [6.07, 6.45) is 4.80. The van der Waals surface area contributed by atoms with Gasteiger partial charge >= 0.3 is 0 Å². The van der Waals surface area contributed by atoms with Crippen LogP contribution in [0.25, 0.3) is 0 Å². The third-order valence-electron chi connectivity index (χ3n) is 2.54. The van der Waals surface area contributed by atoms with Crippen LogP contribution in [0.1, 0.15) is 11.1 Å². The Morgan fingerprint density at radius 3 is 2.33 bits per heavy atom. The predicted molar refractivity (Wildman–Crippen MR) is 55.7 cm³/mol. The van der Waals surface area contributed by atoms with Gasteiger partial charge in [-0.3, -0.25) is 0 Å². The molecule has 0 spiro atoms. The van der Waals surface area contributed by atoms with Crippen molar-refractivity contribution >= 4 is 11.8 Å². The van der Waals surface area contributed by atoms with Crippen LogP contribution >= 0.6 is 11.8 Å². The highest BCUT2D eigenvalue weighted by atomic mass is 32.2. The average Bonchev–Trinajstić information content (AvgIpc) is 2.47. The van der Waals surface area contributed by atoms with Gasteiger partial charge in [0.2, 0.25) is 0 Å². The lowest BCUT2D eigenvalue weighted by Gasteiger charge is -2.04. The summed E-state index contributed by atoms with van der Waals surface area (Å²) < 4.78 is 0. The second-order valence-electron chi connectivity index (χ2n) is 3.50. The van der Waals surface area contributed by atoms with Crippen LogP contribution < -0.4 is 0 Å². The van der Waals surface area contributed by atoms with Crippen molar-refractivity contribution in [2.24, 2.45) is 5.92 Å². The number of fused-ring (bicyclic) bond motifs is 1. The zero-order chi connectivity index (χ0) is 8.39. The van der Waals surface area contributed by atoms with Crippen molar-refractivity contribution < 1.29 is 0 Å². The Morgan fingerprint density at radius 2 is 1.83 bits per heavy atom. The van der Waals surface area contributed by atoms with E-state index in [0.717, 1.165) is 5.92 Å². The van der Waals surface area contributed by atoms with Crippen LogP contribution in [0, 0.1) is 5.92 Å². The Labute approximate surface area is 78.4 Å². The fraction of sp³-hybridized carbons (Fsp3) is 0.455. The Bertz CT molecular complexity index is 242. The first-order chi connectivity index (χ1) is 5.90. The van der Waals surface area contributed by atoms with E-state index in [9.17, 15) is 0 Å². The largest absolute Gasteiger partial charge is 0.165 e. The molecular weight excluding hydrogens is 164 g/mol. The van der Waals surface area contributed by atoms with Crippen LogP contribution in [0.15, 0.2) is 24.3 Å². The summed E-state index contributed by atoms with van der Waals surface area (Å²) in [5.74, 6) is 2.21. The molecule has 1 aliphatic carbocycles. The Morgan fingerprint density at radius 1 is 1.25 bits per heavy atom. The standard InChI is InChI=1S/C11H14S/c1-12-8-9-6-10-4-2-3-5-11(10)7-9/h2-5,9H,6-8H2,1H3. The molecule has 0 fully saturated rings. The van der Waals surface area contributed by atoms with Gasteiger partial charge in [-0.05, 0) is 41.9 Å². The van der Waals surface area contributed by atoms with Crippen molar-refractivity contribution in [2.45, 2.75) is 12.8 Å². The van der Waals surface area contributed by atoms with Crippen molar-refractivity contribution in [1.82, 2.24) is 0 Å². The van der Waals surface area contributed by atoms with Gasteiger partial charge < -0.3 is 0 Å². The second kappa shape index (κ2) is 3.53. The maximum absolute atomic E-state index is 2.27. The number of rotatable bonds is 2. The molecule has 1 aliphatic rings. The lowest BCUT2D eigenvalue weighted by Crippen LogP contribution is -2.01. The van der Waals surface area contributed by atoms with Crippen molar-refractivity contribution in [1.29, 1.82) is 0 Å². The van der Waals surface area contributed by atoms with E-state index in [2.05, 4.69) is 30.5 Å². The van der Waals surface area contributed by atoms with Crippen molar-refractivity contribution in [2.75, 3.05) is 12.0 Å². The summed E-state index contributed by atoms with van der Waals surface area (Å²) in [6.45, 7) is 0. The lowest BCUT2D eigenvalue weighted by atomic mass is 10.1. The molecule has 1 aromatic rings. The number of hydrogen-bond donors (Lipinski definition) is 0. The molecule has 0 N–H and O–H groups in total. The third kappa shape index (κ3) is 1.51. The fourth-order valence-corrected chi connectivity index (χ4v) is 2.71. The van der Waals surface area contributed by atoms with Crippen LogP contribution in [-0.2, 0) is 12.8 Å². The minimum Gasteiger partial charge on any atom is -0.165 e. The topological polar surface area (TPSA) is 0 Å². The first-order valence-electron chi connectivity index (χ1n) is 4.46. The van der Waals surface area contributed by atoms with Gasteiger partial charge in [0.25, 0.3) is 0 Å². The molecule has 0 radical (unpaired) electrons. The molecule has 0 aromatic heterocycles.